The summed E-state index contributed by atoms with van der Waals surface area (Å²) < 4.78 is 33.9. The first-order valence-electron chi connectivity index (χ1n) is 13.1. The zero-order chi connectivity index (χ0) is 29.3. The van der Waals surface area contributed by atoms with Crippen LogP contribution >= 0.6 is 11.6 Å². The number of methoxy groups -OCH3 is 1. The van der Waals surface area contributed by atoms with Crippen molar-refractivity contribution in [1.29, 1.82) is 0 Å². The Morgan fingerprint density at radius 3 is 2.23 bits per heavy atom. The van der Waals surface area contributed by atoms with Gasteiger partial charge in [0.25, 0.3) is 10.0 Å². The van der Waals surface area contributed by atoms with Gasteiger partial charge in [0, 0.05) is 18.1 Å². The number of ether oxygens (including phenoxy) is 1. The SMILES string of the molecule is COc1ccc(S(=O)(=O)N(CC(=O)N(CCc2ccccc2)[C@@H](C)C(=O)NCC(C)C)c2cccc(Cl)c2)cc1. The van der Waals surface area contributed by atoms with E-state index in [1.165, 1.54) is 42.3 Å². The number of nitrogens with zero attached hydrogens (tertiary/aromatic N) is 2. The fourth-order valence-electron chi connectivity index (χ4n) is 4.06. The number of carbonyl (C=O) groups is 2. The van der Waals surface area contributed by atoms with E-state index in [0.29, 0.717) is 23.7 Å². The van der Waals surface area contributed by atoms with Gasteiger partial charge >= 0.3 is 0 Å². The van der Waals surface area contributed by atoms with Gasteiger partial charge in [-0.15, -0.1) is 0 Å². The minimum atomic E-state index is -4.19. The molecular formula is C30H36ClN3O5S. The third-order valence-corrected chi connectivity index (χ3v) is 8.38. The van der Waals surface area contributed by atoms with Crippen LogP contribution in [0.5, 0.6) is 5.75 Å². The summed E-state index contributed by atoms with van der Waals surface area (Å²) in [6.07, 6.45) is 0.497. The molecule has 0 spiro atoms. The Balaban J connectivity index is 1.96. The quantitative estimate of drug-likeness (QED) is 0.312. The molecule has 8 nitrogen and oxygen atoms in total. The van der Waals surface area contributed by atoms with Gasteiger partial charge in [0.05, 0.1) is 17.7 Å². The molecule has 1 N–H and O–H groups in total. The van der Waals surface area contributed by atoms with Crippen LogP contribution in [0.2, 0.25) is 5.02 Å². The number of nitrogens with one attached hydrogen (secondary N) is 1. The van der Waals surface area contributed by atoms with Crippen LogP contribution < -0.4 is 14.4 Å². The van der Waals surface area contributed by atoms with E-state index in [9.17, 15) is 18.0 Å². The van der Waals surface area contributed by atoms with Gasteiger partial charge in [0.1, 0.15) is 18.3 Å². The Kier molecular flexibility index (Phi) is 11.0. The summed E-state index contributed by atoms with van der Waals surface area (Å²) in [6.45, 7) is 5.79. The Morgan fingerprint density at radius 1 is 0.950 bits per heavy atom. The largest absolute Gasteiger partial charge is 0.497 e. The average Bonchev–Trinajstić information content (AvgIpc) is 2.95. The predicted octanol–water partition coefficient (Wildman–Crippen LogP) is 4.78. The lowest BCUT2D eigenvalue weighted by atomic mass is 10.1. The summed E-state index contributed by atoms with van der Waals surface area (Å²) in [5, 5.41) is 3.20. The summed E-state index contributed by atoms with van der Waals surface area (Å²) >= 11 is 6.21. The van der Waals surface area contributed by atoms with Gasteiger partial charge in [-0.1, -0.05) is 61.8 Å². The normalized spacial score (nSPS) is 12.1. The smallest absolute Gasteiger partial charge is 0.264 e. The third kappa shape index (κ3) is 8.22. The first kappa shape index (κ1) is 31.0. The maximum atomic E-state index is 13.9. The highest BCUT2D eigenvalue weighted by atomic mass is 35.5. The number of carbonyl (C=O) groups excluding carboxylic acids is 2. The minimum Gasteiger partial charge on any atom is -0.497 e. The van der Waals surface area contributed by atoms with E-state index in [1.807, 2.05) is 44.2 Å². The first-order valence-corrected chi connectivity index (χ1v) is 14.9. The fourth-order valence-corrected chi connectivity index (χ4v) is 5.65. The van der Waals surface area contributed by atoms with Crippen LogP contribution in [0.4, 0.5) is 5.69 Å². The Hall–Kier alpha value is -3.56. The molecule has 0 radical (unpaired) electrons. The molecule has 0 aliphatic rings. The molecule has 0 aliphatic heterocycles. The van der Waals surface area contributed by atoms with Crippen LogP contribution in [-0.4, -0.2) is 57.9 Å². The number of sulfonamides is 1. The number of benzene rings is 3. The molecule has 0 fully saturated rings. The van der Waals surface area contributed by atoms with Crippen molar-refractivity contribution in [1.82, 2.24) is 10.2 Å². The van der Waals surface area contributed by atoms with E-state index in [4.69, 9.17) is 16.3 Å². The van der Waals surface area contributed by atoms with Crippen molar-refractivity contribution in [2.24, 2.45) is 5.92 Å². The summed E-state index contributed by atoms with van der Waals surface area (Å²) in [5.74, 6) is -0.0853. The van der Waals surface area contributed by atoms with Gasteiger partial charge in [0.15, 0.2) is 0 Å². The van der Waals surface area contributed by atoms with Crippen LogP contribution in [0, 0.1) is 5.92 Å². The summed E-state index contributed by atoms with van der Waals surface area (Å²) in [7, 11) is -2.70. The van der Waals surface area contributed by atoms with Gasteiger partial charge in [-0.3, -0.25) is 13.9 Å². The van der Waals surface area contributed by atoms with E-state index in [1.54, 1.807) is 25.1 Å². The zero-order valence-corrected chi connectivity index (χ0v) is 24.8. The lowest BCUT2D eigenvalue weighted by Gasteiger charge is -2.32. The van der Waals surface area contributed by atoms with Gasteiger partial charge in [-0.25, -0.2) is 8.42 Å². The van der Waals surface area contributed by atoms with Crippen molar-refractivity contribution >= 4 is 39.1 Å². The minimum absolute atomic E-state index is 0.0142. The number of anilines is 1. The van der Waals surface area contributed by atoms with Gasteiger partial charge < -0.3 is 15.0 Å². The Bertz CT molecular complexity index is 1380. The molecule has 0 heterocycles. The number of hydrogen-bond donors (Lipinski definition) is 1. The number of hydrogen-bond acceptors (Lipinski definition) is 5. The Labute approximate surface area is 241 Å². The first-order chi connectivity index (χ1) is 19.0. The molecular weight excluding hydrogens is 550 g/mol. The van der Waals surface area contributed by atoms with Crippen molar-refractivity contribution < 1.29 is 22.7 Å². The number of amides is 2. The lowest BCUT2D eigenvalue weighted by Crippen LogP contribution is -2.52. The van der Waals surface area contributed by atoms with Crippen LogP contribution in [0.3, 0.4) is 0 Å². The van der Waals surface area contributed by atoms with E-state index < -0.39 is 28.5 Å². The molecule has 1 atom stereocenters. The van der Waals surface area contributed by atoms with Gasteiger partial charge in [-0.2, -0.15) is 0 Å². The van der Waals surface area contributed by atoms with E-state index in [2.05, 4.69) is 5.32 Å². The fraction of sp³-hybridized carbons (Fsp3) is 0.333. The highest BCUT2D eigenvalue weighted by molar-refractivity contribution is 7.92. The maximum Gasteiger partial charge on any atom is 0.264 e. The van der Waals surface area contributed by atoms with Gasteiger partial charge in [-0.05, 0) is 67.3 Å². The number of rotatable bonds is 13. The van der Waals surface area contributed by atoms with Gasteiger partial charge in [0.2, 0.25) is 11.8 Å². The second-order valence-corrected chi connectivity index (χ2v) is 12.1. The van der Waals surface area contributed by atoms with E-state index in [-0.39, 0.29) is 29.0 Å². The molecule has 0 aromatic heterocycles. The molecule has 0 aliphatic carbocycles. The van der Waals surface area contributed by atoms with Crippen LogP contribution in [0.1, 0.15) is 26.3 Å². The molecule has 0 bridgehead atoms. The summed E-state index contributed by atoms with van der Waals surface area (Å²) in [4.78, 5) is 28.3. The number of halogens is 1. The maximum absolute atomic E-state index is 13.9. The standard InChI is InChI=1S/C30H36ClN3O5S/c1-22(2)20-32-30(36)23(3)33(18-17-24-9-6-5-7-10-24)29(35)21-34(26-12-8-11-25(31)19-26)40(37,38)28-15-13-27(39-4)14-16-28/h5-16,19,22-23H,17-18,20-21H2,1-4H3,(H,32,36)/t23-/m0/s1. The van der Waals surface area contributed by atoms with Crippen LogP contribution in [0.25, 0.3) is 0 Å². The molecule has 3 aromatic rings. The molecule has 0 unspecified atom stereocenters. The van der Waals surface area contributed by atoms with Crippen molar-refractivity contribution in [2.45, 2.75) is 38.1 Å². The second-order valence-electron chi connectivity index (χ2n) is 9.80. The summed E-state index contributed by atoms with van der Waals surface area (Å²) in [6, 6.07) is 21.0. The topological polar surface area (TPSA) is 96.0 Å². The van der Waals surface area contributed by atoms with E-state index >= 15 is 0 Å². The molecule has 10 heteroatoms. The lowest BCUT2D eigenvalue weighted by molar-refractivity contribution is -0.138. The van der Waals surface area contributed by atoms with Crippen LogP contribution in [-0.2, 0) is 26.0 Å². The Morgan fingerprint density at radius 2 is 1.62 bits per heavy atom. The molecule has 0 saturated carbocycles. The van der Waals surface area contributed by atoms with Crippen molar-refractivity contribution in [3.8, 4) is 5.75 Å². The van der Waals surface area contributed by atoms with Crippen molar-refractivity contribution in [3.63, 3.8) is 0 Å². The van der Waals surface area contributed by atoms with E-state index in [0.717, 1.165) is 9.87 Å². The highest BCUT2D eigenvalue weighted by Crippen LogP contribution is 2.27. The molecule has 3 rings (SSSR count). The van der Waals surface area contributed by atoms with Crippen molar-refractivity contribution in [2.75, 3.05) is 31.0 Å². The monoisotopic (exact) mass is 585 g/mol. The summed E-state index contributed by atoms with van der Waals surface area (Å²) in [5.41, 5.74) is 1.23. The molecule has 3 aromatic carbocycles. The van der Waals surface area contributed by atoms with Crippen molar-refractivity contribution in [3.05, 3.63) is 89.4 Å². The average molecular weight is 586 g/mol. The third-order valence-electron chi connectivity index (χ3n) is 6.36. The zero-order valence-electron chi connectivity index (χ0n) is 23.2. The van der Waals surface area contributed by atoms with Crippen LogP contribution in [0.15, 0.2) is 83.8 Å². The molecule has 214 valence electrons. The highest BCUT2D eigenvalue weighted by Gasteiger charge is 2.32. The molecule has 40 heavy (non-hydrogen) atoms. The molecule has 0 saturated heterocycles. The predicted molar refractivity (Wildman–Crippen MR) is 158 cm³/mol. The molecule has 2 amide bonds. The second kappa shape index (κ2) is 14.2.